The number of likely N-dealkylation sites (tertiary alicyclic amines) is 1. The first-order chi connectivity index (χ1) is 9.34. The molecule has 0 spiro atoms. The fourth-order valence-electron chi connectivity index (χ4n) is 3.10. The van der Waals surface area contributed by atoms with Crippen LogP contribution in [0.1, 0.15) is 24.8 Å². The molecule has 0 radical (unpaired) electrons. The Hall–Kier alpha value is -1.35. The molecule has 2 aliphatic heterocycles. The molecule has 2 heterocycles. The molecule has 1 aromatic rings. The number of carbonyl (C=O) groups excluding carboxylic acids is 1. The molecule has 0 aliphatic carbocycles. The number of hydrogen-bond acceptors (Lipinski definition) is 2. The Kier molecular flexibility index (Phi) is 3.83. The van der Waals surface area contributed by atoms with Gasteiger partial charge in [0.1, 0.15) is 0 Å². The van der Waals surface area contributed by atoms with Crippen molar-refractivity contribution in [2.45, 2.75) is 31.7 Å². The van der Waals surface area contributed by atoms with Gasteiger partial charge in [-0.3, -0.25) is 4.79 Å². The van der Waals surface area contributed by atoms with Crippen molar-refractivity contribution in [2.24, 2.45) is 5.92 Å². The summed E-state index contributed by atoms with van der Waals surface area (Å²) in [6.07, 6.45) is 4.54. The Balaban J connectivity index is 1.56. The Labute approximate surface area is 115 Å². The summed E-state index contributed by atoms with van der Waals surface area (Å²) < 4.78 is 0. The molecule has 0 saturated carbocycles. The summed E-state index contributed by atoms with van der Waals surface area (Å²) in [5.74, 6) is 0.631. The van der Waals surface area contributed by atoms with Gasteiger partial charge in [0.15, 0.2) is 0 Å². The monoisotopic (exact) mass is 258 g/mol. The Morgan fingerprint density at radius 2 is 2.05 bits per heavy atom. The average Bonchev–Trinajstić information content (AvgIpc) is 2.84. The molecule has 2 saturated heterocycles. The second kappa shape index (κ2) is 5.74. The fraction of sp³-hybridized carbons (Fsp3) is 0.562. The van der Waals surface area contributed by atoms with Gasteiger partial charge in [-0.2, -0.15) is 0 Å². The number of aryl methyl sites for hydroxylation is 1. The van der Waals surface area contributed by atoms with E-state index in [4.69, 9.17) is 0 Å². The van der Waals surface area contributed by atoms with E-state index in [2.05, 4.69) is 40.5 Å². The highest BCUT2D eigenvalue weighted by Crippen LogP contribution is 2.24. The van der Waals surface area contributed by atoms with Gasteiger partial charge in [-0.05, 0) is 31.2 Å². The maximum Gasteiger partial charge on any atom is 0.228 e. The van der Waals surface area contributed by atoms with Crippen LogP contribution >= 0.6 is 0 Å². The third-order valence-electron chi connectivity index (χ3n) is 4.40. The average molecular weight is 258 g/mol. The maximum atomic E-state index is 12.3. The first kappa shape index (κ1) is 12.7. The van der Waals surface area contributed by atoms with Crippen molar-refractivity contribution >= 4 is 5.91 Å². The molecule has 2 aliphatic rings. The number of amides is 1. The lowest BCUT2D eigenvalue weighted by atomic mass is 9.99. The highest BCUT2D eigenvalue weighted by atomic mass is 16.2. The second-order valence-electron chi connectivity index (χ2n) is 5.71. The van der Waals surface area contributed by atoms with Gasteiger partial charge in [-0.25, -0.2) is 0 Å². The minimum atomic E-state index is 0.248. The lowest BCUT2D eigenvalue weighted by molar-refractivity contribution is -0.138. The molecule has 19 heavy (non-hydrogen) atoms. The van der Waals surface area contributed by atoms with E-state index in [1.807, 2.05) is 0 Å². The van der Waals surface area contributed by atoms with Gasteiger partial charge in [0.2, 0.25) is 5.91 Å². The normalized spacial score (nSPS) is 23.4. The summed E-state index contributed by atoms with van der Waals surface area (Å²) >= 11 is 0. The number of rotatable bonds is 4. The van der Waals surface area contributed by atoms with Crippen LogP contribution in [0.15, 0.2) is 30.3 Å². The third kappa shape index (κ3) is 2.81. The zero-order valence-electron chi connectivity index (χ0n) is 11.3. The van der Waals surface area contributed by atoms with Crippen LogP contribution in [0.5, 0.6) is 0 Å². The fourth-order valence-corrected chi connectivity index (χ4v) is 3.10. The first-order valence-electron chi connectivity index (χ1n) is 7.40. The topological polar surface area (TPSA) is 32.3 Å². The predicted molar refractivity (Wildman–Crippen MR) is 75.9 cm³/mol. The van der Waals surface area contributed by atoms with Crippen LogP contribution in [0.25, 0.3) is 0 Å². The van der Waals surface area contributed by atoms with E-state index in [1.165, 1.54) is 18.4 Å². The molecule has 0 bridgehead atoms. The molecule has 102 valence electrons. The van der Waals surface area contributed by atoms with E-state index in [0.29, 0.717) is 11.9 Å². The van der Waals surface area contributed by atoms with Crippen molar-refractivity contribution in [3.8, 4) is 0 Å². The van der Waals surface area contributed by atoms with E-state index >= 15 is 0 Å². The Bertz CT molecular complexity index is 428. The van der Waals surface area contributed by atoms with Gasteiger partial charge in [0, 0.05) is 25.7 Å². The van der Waals surface area contributed by atoms with Crippen molar-refractivity contribution in [2.75, 3.05) is 19.6 Å². The molecule has 3 nitrogen and oxygen atoms in total. The number of carbonyl (C=O) groups is 1. The lowest BCUT2D eigenvalue weighted by Gasteiger charge is -2.33. The van der Waals surface area contributed by atoms with E-state index in [0.717, 1.165) is 32.5 Å². The molecule has 1 aromatic carbocycles. The van der Waals surface area contributed by atoms with Crippen LogP contribution in [0.3, 0.4) is 0 Å². The van der Waals surface area contributed by atoms with Crippen LogP contribution in [0.2, 0.25) is 0 Å². The molecule has 1 N–H and O–H groups in total. The van der Waals surface area contributed by atoms with Gasteiger partial charge < -0.3 is 10.2 Å². The van der Waals surface area contributed by atoms with Crippen LogP contribution in [0.4, 0.5) is 0 Å². The second-order valence-corrected chi connectivity index (χ2v) is 5.71. The molecular weight excluding hydrogens is 236 g/mol. The Morgan fingerprint density at radius 1 is 1.26 bits per heavy atom. The van der Waals surface area contributed by atoms with Crippen molar-refractivity contribution in [3.05, 3.63) is 35.9 Å². The SMILES string of the molecule is O=C(C1CNC1)N1CCCC1CCc1ccccc1. The van der Waals surface area contributed by atoms with Gasteiger partial charge in [-0.1, -0.05) is 30.3 Å². The molecule has 3 heteroatoms. The zero-order valence-corrected chi connectivity index (χ0v) is 11.3. The van der Waals surface area contributed by atoms with Gasteiger partial charge in [-0.15, -0.1) is 0 Å². The van der Waals surface area contributed by atoms with Crippen molar-refractivity contribution in [1.82, 2.24) is 10.2 Å². The first-order valence-corrected chi connectivity index (χ1v) is 7.40. The molecule has 3 rings (SSSR count). The minimum Gasteiger partial charge on any atom is -0.339 e. The molecule has 1 amide bonds. The van der Waals surface area contributed by atoms with Crippen LogP contribution in [-0.4, -0.2) is 36.5 Å². The largest absolute Gasteiger partial charge is 0.339 e. The number of benzene rings is 1. The maximum absolute atomic E-state index is 12.3. The van der Waals surface area contributed by atoms with Crippen molar-refractivity contribution in [3.63, 3.8) is 0 Å². The van der Waals surface area contributed by atoms with Crippen molar-refractivity contribution < 1.29 is 4.79 Å². The zero-order chi connectivity index (χ0) is 13.1. The smallest absolute Gasteiger partial charge is 0.228 e. The summed E-state index contributed by atoms with van der Waals surface area (Å²) in [6, 6.07) is 11.1. The molecular formula is C16H22N2O. The Morgan fingerprint density at radius 3 is 2.74 bits per heavy atom. The van der Waals surface area contributed by atoms with Crippen LogP contribution in [-0.2, 0) is 11.2 Å². The summed E-state index contributed by atoms with van der Waals surface area (Å²) in [6.45, 7) is 2.72. The minimum absolute atomic E-state index is 0.248. The molecule has 0 aromatic heterocycles. The lowest BCUT2D eigenvalue weighted by Crippen LogP contribution is -2.53. The third-order valence-corrected chi connectivity index (χ3v) is 4.40. The van der Waals surface area contributed by atoms with E-state index in [9.17, 15) is 4.79 Å². The quantitative estimate of drug-likeness (QED) is 0.893. The molecule has 2 fully saturated rings. The standard InChI is InChI=1S/C16H22N2O/c19-16(14-11-17-12-14)18-10-4-7-15(18)9-8-13-5-2-1-3-6-13/h1-3,5-6,14-15,17H,4,7-12H2. The highest BCUT2D eigenvalue weighted by Gasteiger charge is 2.35. The molecule has 1 unspecified atom stereocenters. The predicted octanol–water partition coefficient (Wildman–Crippen LogP) is 1.83. The summed E-state index contributed by atoms with van der Waals surface area (Å²) in [5.41, 5.74) is 1.38. The number of nitrogens with zero attached hydrogens (tertiary/aromatic N) is 1. The van der Waals surface area contributed by atoms with E-state index in [1.54, 1.807) is 0 Å². The molecule has 1 atom stereocenters. The van der Waals surface area contributed by atoms with Gasteiger partial charge >= 0.3 is 0 Å². The van der Waals surface area contributed by atoms with Crippen molar-refractivity contribution in [1.29, 1.82) is 0 Å². The summed E-state index contributed by atoms with van der Waals surface area (Å²) in [7, 11) is 0. The summed E-state index contributed by atoms with van der Waals surface area (Å²) in [4.78, 5) is 14.5. The van der Waals surface area contributed by atoms with Crippen LogP contribution in [0, 0.1) is 5.92 Å². The van der Waals surface area contributed by atoms with Gasteiger partial charge in [0.25, 0.3) is 0 Å². The van der Waals surface area contributed by atoms with E-state index < -0.39 is 0 Å². The number of hydrogen-bond donors (Lipinski definition) is 1. The number of nitrogens with one attached hydrogen (secondary N) is 1. The van der Waals surface area contributed by atoms with E-state index in [-0.39, 0.29) is 5.92 Å². The van der Waals surface area contributed by atoms with Crippen LogP contribution < -0.4 is 5.32 Å². The highest BCUT2D eigenvalue weighted by molar-refractivity contribution is 5.80. The van der Waals surface area contributed by atoms with Gasteiger partial charge in [0.05, 0.1) is 5.92 Å². The summed E-state index contributed by atoms with van der Waals surface area (Å²) in [5, 5.41) is 3.19.